The average molecular weight is 423 g/mol. The second-order valence-electron chi connectivity index (χ2n) is 5.82. The number of aromatic amines is 1. The highest BCUT2D eigenvalue weighted by Gasteiger charge is 2.04. The molecule has 11 heteroatoms. The molecule has 0 aliphatic heterocycles. The number of hydrogen-bond acceptors (Lipinski definition) is 8. The van der Waals surface area contributed by atoms with Gasteiger partial charge in [0.2, 0.25) is 0 Å². The third-order valence-corrected chi connectivity index (χ3v) is 3.52. The van der Waals surface area contributed by atoms with Crippen LogP contribution in [0.1, 0.15) is 17.0 Å². The third-order valence-electron chi connectivity index (χ3n) is 3.52. The van der Waals surface area contributed by atoms with Crippen molar-refractivity contribution in [1.29, 1.82) is 5.26 Å². The summed E-state index contributed by atoms with van der Waals surface area (Å²) in [5.41, 5.74) is 1.85. The van der Waals surface area contributed by atoms with E-state index in [1.54, 1.807) is 6.07 Å². The highest BCUT2D eigenvalue weighted by Crippen LogP contribution is 2.01. The van der Waals surface area contributed by atoms with E-state index >= 15 is 0 Å². The van der Waals surface area contributed by atoms with Gasteiger partial charge in [-0.25, -0.2) is 9.59 Å². The van der Waals surface area contributed by atoms with Crippen molar-refractivity contribution in [3.63, 3.8) is 0 Å². The SMILES string of the molecule is N#CCNC(=O)OCc1ccccc1.O=C(NCc1nn[nH]n1)OCc1ccccc1. The summed E-state index contributed by atoms with van der Waals surface area (Å²) < 4.78 is 9.82. The topological polar surface area (TPSA) is 155 Å². The Morgan fingerprint density at radius 2 is 1.45 bits per heavy atom. The number of aromatic nitrogens is 4. The molecule has 0 aliphatic rings. The summed E-state index contributed by atoms with van der Waals surface area (Å²) in [6.07, 6.45) is -1.09. The molecule has 3 aromatic rings. The van der Waals surface area contributed by atoms with Crippen LogP contribution in [0.25, 0.3) is 0 Å². The number of hydrogen-bond donors (Lipinski definition) is 3. The van der Waals surface area contributed by atoms with Crippen LogP contribution in [0.15, 0.2) is 60.7 Å². The monoisotopic (exact) mass is 423 g/mol. The molecule has 0 bridgehead atoms. The summed E-state index contributed by atoms with van der Waals surface area (Å²) in [4.78, 5) is 22.2. The molecule has 1 aromatic heterocycles. The Hall–Kier alpha value is -4.46. The maximum atomic E-state index is 11.3. The van der Waals surface area contributed by atoms with E-state index in [0.717, 1.165) is 11.1 Å². The van der Waals surface area contributed by atoms with Crippen molar-refractivity contribution >= 4 is 12.2 Å². The van der Waals surface area contributed by atoms with Gasteiger partial charge in [0.25, 0.3) is 0 Å². The van der Waals surface area contributed by atoms with Gasteiger partial charge in [0.05, 0.1) is 12.6 Å². The van der Waals surface area contributed by atoms with Crippen molar-refractivity contribution in [3.8, 4) is 6.07 Å². The van der Waals surface area contributed by atoms with Gasteiger partial charge in [-0.1, -0.05) is 65.9 Å². The normalized spacial score (nSPS) is 9.39. The standard InChI is InChI=1S/C10H11N5O2.C10H10N2O2/c16-10(11-6-9-12-14-15-13-9)17-7-8-4-2-1-3-5-8;11-6-7-12-10(13)14-8-9-4-2-1-3-5-9/h1-5H,6-7H2,(H,11,16)(H,12,13,14,15);1-5H,7-8H2,(H,12,13). The molecule has 0 aliphatic carbocycles. The van der Waals surface area contributed by atoms with Crippen LogP contribution in [-0.2, 0) is 29.2 Å². The van der Waals surface area contributed by atoms with Gasteiger partial charge >= 0.3 is 12.2 Å². The molecular formula is C20H21N7O4. The number of rotatable bonds is 7. The molecule has 0 atom stereocenters. The van der Waals surface area contributed by atoms with Crippen LogP contribution in [0.2, 0.25) is 0 Å². The van der Waals surface area contributed by atoms with E-state index < -0.39 is 12.2 Å². The fraction of sp³-hybridized carbons (Fsp3) is 0.200. The molecule has 0 radical (unpaired) electrons. The number of amides is 2. The molecule has 1 heterocycles. The van der Waals surface area contributed by atoms with Crippen molar-refractivity contribution in [1.82, 2.24) is 31.3 Å². The number of tetrazole rings is 1. The summed E-state index contributed by atoms with van der Waals surface area (Å²) in [6.45, 7) is 0.606. The Morgan fingerprint density at radius 3 is 1.94 bits per heavy atom. The smallest absolute Gasteiger partial charge is 0.408 e. The summed E-state index contributed by atoms with van der Waals surface area (Å²) in [5.74, 6) is 0.404. The fourth-order valence-electron chi connectivity index (χ4n) is 2.07. The van der Waals surface area contributed by atoms with Crippen molar-refractivity contribution < 1.29 is 19.1 Å². The molecule has 2 amide bonds. The molecule has 3 N–H and O–H groups in total. The minimum Gasteiger partial charge on any atom is -0.445 e. The maximum absolute atomic E-state index is 11.3. The van der Waals surface area contributed by atoms with Gasteiger partial charge in [-0.2, -0.15) is 10.5 Å². The second kappa shape index (κ2) is 13.7. The van der Waals surface area contributed by atoms with Gasteiger partial charge in [-0.05, 0) is 11.1 Å². The van der Waals surface area contributed by atoms with E-state index in [9.17, 15) is 9.59 Å². The zero-order valence-corrected chi connectivity index (χ0v) is 16.5. The van der Waals surface area contributed by atoms with Gasteiger partial charge in [0.15, 0.2) is 5.82 Å². The molecule has 0 saturated heterocycles. The lowest BCUT2D eigenvalue weighted by atomic mass is 10.2. The molecule has 3 rings (SSSR count). The van der Waals surface area contributed by atoms with E-state index in [1.807, 2.05) is 60.7 Å². The van der Waals surface area contributed by atoms with E-state index in [-0.39, 0.29) is 26.3 Å². The molecule has 31 heavy (non-hydrogen) atoms. The second-order valence-corrected chi connectivity index (χ2v) is 5.82. The predicted molar refractivity (Wildman–Crippen MR) is 108 cm³/mol. The Labute approximate surface area is 178 Å². The summed E-state index contributed by atoms with van der Waals surface area (Å²) in [7, 11) is 0. The quantitative estimate of drug-likeness (QED) is 0.488. The number of carbonyl (C=O) groups excluding carboxylic acids is 2. The predicted octanol–water partition coefficient (Wildman–Crippen LogP) is 2.06. The highest BCUT2D eigenvalue weighted by molar-refractivity contribution is 5.67. The van der Waals surface area contributed by atoms with Crippen molar-refractivity contribution in [2.45, 2.75) is 19.8 Å². The lowest BCUT2D eigenvalue weighted by Crippen LogP contribution is -2.24. The first-order chi connectivity index (χ1) is 15.2. The fourth-order valence-corrected chi connectivity index (χ4v) is 2.07. The highest BCUT2D eigenvalue weighted by atomic mass is 16.6. The molecule has 2 aromatic carbocycles. The lowest BCUT2D eigenvalue weighted by Gasteiger charge is -2.05. The number of nitrogens with one attached hydrogen (secondary N) is 3. The van der Waals surface area contributed by atoms with Crippen molar-refractivity contribution in [2.24, 2.45) is 0 Å². The van der Waals surface area contributed by atoms with Gasteiger partial charge in [0.1, 0.15) is 19.8 Å². The Balaban J connectivity index is 0.000000225. The van der Waals surface area contributed by atoms with Crippen LogP contribution < -0.4 is 10.6 Å². The Bertz CT molecular complexity index is 945. The molecule has 0 spiro atoms. The first-order valence-electron chi connectivity index (χ1n) is 9.15. The number of carbonyl (C=O) groups is 2. The van der Waals surface area contributed by atoms with Crippen LogP contribution in [-0.4, -0.2) is 39.4 Å². The lowest BCUT2D eigenvalue weighted by molar-refractivity contribution is 0.138. The number of benzene rings is 2. The molecule has 160 valence electrons. The number of H-pyrrole nitrogens is 1. The number of alkyl carbamates (subject to hydrolysis) is 2. The van der Waals surface area contributed by atoms with Crippen LogP contribution in [0, 0.1) is 11.3 Å². The summed E-state index contributed by atoms with van der Waals surface area (Å²) in [6, 6.07) is 20.6. The average Bonchev–Trinajstić information content (AvgIpc) is 3.34. The summed E-state index contributed by atoms with van der Waals surface area (Å²) in [5, 5.41) is 26.0. The Kier molecular flexibility index (Phi) is 10.1. The molecule has 0 unspecified atom stereocenters. The number of nitriles is 1. The zero-order chi connectivity index (χ0) is 22.2. The number of ether oxygens (including phenoxy) is 2. The maximum Gasteiger partial charge on any atom is 0.408 e. The number of nitrogens with zero attached hydrogens (tertiary/aromatic N) is 4. The third kappa shape index (κ3) is 10.0. The van der Waals surface area contributed by atoms with Gasteiger partial charge in [-0.15, -0.1) is 10.2 Å². The molecular weight excluding hydrogens is 402 g/mol. The largest absolute Gasteiger partial charge is 0.445 e. The van der Waals surface area contributed by atoms with Crippen LogP contribution in [0.5, 0.6) is 0 Å². The van der Waals surface area contributed by atoms with Crippen LogP contribution in [0.3, 0.4) is 0 Å². The molecule has 0 saturated carbocycles. The van der Waals surface area contributed by atoms with Crippen LogP contribution >= 0.6 is 0 Å². The van der Waals surface area contributed by atoms with Gasteiger partial charge < -0.3 is 20.1 Å². The van der Waals surface area contributed by atoms with Gasteiger partial charge in [-0.3, -0.25) is 0 Å². The first-order valence-corrected chi connectivity index (χ1v) is 9.15. The van der Waals surface area contributed by atoms with Crippen molar-refractivity contribution in [2.75, 3.05) is 6.54 Å². The van der Waals surface area contributed by atoms with Crippen molar-refractivity contribution in [3.05, 3.63) is 77.6 Å². The minimum atomic E-state index is -0.574. The van der Waals surface area contributed by atoms with E-state index in [0.29, 0.717) is 5.82 Å². The first kappa shape index (κ1) is 22.8. The van der Waals surface area contributed by atoms with E-state index in [4.69, 9.17) is 14.7 Å². The molecule has 0 fully saturated rings. The van der Waals surface area contributed by atoms with Gasteiger partial charge in [0, 0.05) is 0 Å². The Morgan fingerprint density at radius 1 is 0.903 bits per heavy atom. The summed E-state index contributed by atoms with van der Waals surface area (Å²) >= 11 is 0. The van der Waals surface area contributed by atoms with Crippen LogP contribution in [0.4, 0.5) is 9.59 Å². The van der Waals surface area contributed by atoms with E-state index in [2.05, 4.69) is 31.3 Å². The molecule has 11 nitrogen and oxygen atoms in total. The minimum absolute atomic E-state index is 0.0341. The zero-order valence-electron chi connectivity index (χ0n) is 16.5. The van der Waals surface area contributed by atoms with E-state index in [1.165, 1.54) is 0 Å².